The summed E-state index contributed by atoms with van der Waals surface area (Å²) >= 11 is 0. The van der Waals surface area contributed by atoms with Gasteiger partial charge in [0.15, 0.2) is 0 Å². The standard InChI is InChI=1S/C2HF3O.C2H5F.CH2F2O.2CH2F2/c3-2(4)1-6-5;1-2-3;2-1-4-3;2*2-1-3/h1H;2H2,1H3;1H2;2*1H2. The molecule has 0 saturated heterocycles. The van der Waals surface area contributed by atoms with Gasteiger partial charge in [-0.05, 0) is 11.4 Å². The molecule has 0 aliphatic rings. The van der Waals surface area contributed by atoms with E-state index < -0.39 is 26.8 Å². The van der Waals surface area contributed by atoms with Crippen LogP contribution >= 0.6 is 0 Å². The SMILES string of the molecule is CCF.FCF.FCF.FCOF.FOC=C(F)F. The van der Waals surface area contributed by atoms with E-state index >= 15 is 0 Å². The molecule has 0 fully saturated rings. The summed E-state index contributed by atoms with van der Waals surface area (Å²) < 4.78 is 100. The molecule has 0 N–H and O–H groups in total. The number of hydrogen-bond acceptors (Lipinski definition) is 2. The van der Waals surface area contributed by atoms with Crippen LogP contribution in [0.3, 0.4) is 0 Å². The van der Waals surface area contributed by atoms with Crippen molar-refractivity contribution in [2.24, 2.45) is 0 Å². The Hall–Kier alpha value is -1.20. The highest BCUT2D eigenvalue weighted by Gasteiger charge is 1.82. The minimum absolute atomic E-state index is 0.250. The van der Waals surface area contributed by atoms with Crippen molar-refractivity contribution in [2.75, 3.05) is 27.4 Å². The maximum Gasteiger partial charge on any atom is 0.308 e. The number of halogens is 10. The van der Waals surface area contributed by atoms with Crippen LogP contribution in [0.25, 0.3) is 0 Å². The van der Waals surface area contributed by atoms with Crippen molar-refractivity contribution in [3.8, 4) is 0 Å². The van der Waals surface area contributed by atoms with E-state index in [-0.39, 0.29) is 12.9 Å². The van der Waals surface area contributed by atoms with Gasteiger partial charge in [-0.15, -0.1) is 0 Å². The summed E-state index contributed by atoms with van der Waals surface area (Å²) in [4.78, 5) is 4.77. The largest absolute Gasteiger partial charge is 0.308 e. The van der Waals surface area contributed by atoms with Crippen LogP contribution in [0.5, 0.6) is 0 Å². The Kier molecular flexibility index (Phi) is 87.4. The zero-order chi connectivity index (χ0) is 16.5. The lowest BCUT2D eigenvalue weighted by atomic mass is 10.9. The first-order valence-electron chi connectivity index (χ1n) is 3.81. The molecule has 0 atom stereocenters. The molecule has 2 nitrogen and oxygen atoms in total. The third kappa shape index (κ3) is 469. The first kappa shape index (κ1) is 30.7. The molecule has 12 heteroatoms. The molecular weight excluding hydrogens is 306 g/mol. The van der Waals surface area contributed by atoms with E-state index in [0.717, 1.165) is 0 Å². The van der Waals surface area contributed by atoms with Gasteiger partial charge in [0.05, 0.1) is 6.67 Å². The second-order valence-electron chi connectivity index (χ2n) is 1.18. The van der Waals surface area contributed by atoms with Gasteiger partial charge in [-0.25, -0.2) is 22.0 Å². The molecule has 0 heterocycles. The molecule has 0 aliphatic heterocycles. The lowest BCUT2D eigenvalue weighted by molar-refractivity contribution is -0.167. The van der Waals surface area contributed by atoms with Crippen LogP contribution in [-0.4, -0.2) is 27.4 Å². The zero-order valence-corrected chi connectivity index (χ0v) is 9.50. The third-order valence-electron chi connectivity index (χ3n) is 0.175. The summed E-state index contributed by atoms with van der Waals surface area (Å²) in [5, 5.41) is 0. The van der Waals surface area contributed by atoms with Crippen molar-refractivity contribution in [3.05, 3.63) is 12.3 Å². The number of hydrogen-bond donors (Lipinski definition) is 0. The Morgan fingerprint density at radius 3 is 1.11 bits per heavy atom. The molecule has 0 bridgehead atoms. The minimum Gasteiger partial charge on any atom is -0.297 e. The molecule has 0 saturated carbocycles. The molecule has 0 aromatic rings. The summed E-state index contributed by atoms with van der Waals surface area (Å²) in [5.41, 5.74) is 0. The molecule has 19 heavy (non-hydrogen) atoms. The van der Waals surface area contributed by atoms with E-state index in [9.17, 15) is 44.2 Å². The first-order chi connectivity index (χ1) is 8.93. The molecule has 0 aromatic heterocycles. The van der Waals surface area contributed by atoms with Gasteiger partial charge >= 0.3 is 6.08 Å². The second kappa shape index (κ2) is 54.2. The van der Waals surface area contributed by atoms with E-state index in [1.54, 1.807) is 0 Å². The van der Waals surface area contributed by atoms with Gasteiger partial charge < -0.3 is 0 Å². The van der Waals surface area contributed by atoms with Gasteiger partial charge in [0.1, 0.15) is 0 Å². The van der Waals surface area contributed by atoms with E-state index in [4.69, 9.17) is 0 Å². The molecular formula is C7H12F10O2. The van der Waals surface area contributed by atoms with Crippen molar-refractivity contribution < 1.29 is 54.1 Å². The van der Waals surface area contributed by atoms with Crippen LogP contribution in [0.4, 0.5) is 44.2 Å². The minimum atomic E-state index is -2.18. The highest BCUT2D eigenvalue weighted by molar-refractivity contribution is 4.67. The van der Waals surface area contributed by atoms with Crippen molar-refractivity contribution >= 4 is 0 Å². The zero-order valence-electron chi connectivity index (χ0n) is 9.50. The fraction of sp³-hybridized carbons (Fsp3) is 0.714. The first-order valence-corrected chi connectivity index (χ1v) is 3.81. The van der Waals surface area contributed by atoms with E-state index in [0.29, 0.717) is 0 Å². The van der Waals surface area contributed by atoms with E-state index in [1.165, 1.54) is 6.92 Å². The van der Waals surface area contributed by atoms with Gasteiger partial charge in [-0.1, -0.05) is 0 Å². The van der Waals surface area contributed by atoms with Crippen LogP contribution in [-0.2, 0) is 9.88 Å². The van der Waals surface area contributed by atoms with Crippen LogP contribution in [0.2, 0.25) is 0 Å². The summed E-state index contributed by atoms with van der Waals surface area (Å²) in [5.74, 6) is 0. The lowest BCUT2D eigenvalue weighted by Gasteiger charge is -1.71. The molecule has 0 aliphatic carbocycles. The predicted molar refractivity (Wildman–Crippen MR) is 46.5 cm³/mol. The van der Waals surface area contributed by atoms with E-state index in [1.807, 2.05) is 0 Å². The molecule has 0 spiro atoms. The van der Waals surface area contributed by atoms with Gasteiger partial charge in [0, 0.05) is 4.53 Å². The van der Waals surface area contributed by atoms with Crippen molar-refractivity contribution in [2.45, 2.75) is 6.92 Å². The maximum absolute atomic E-state index is 10.5. The van der Waals surface area contributed by atoms with Crippen molar-refractivity contribution in [3.63, 3.8) is 0 Å². The smallest absolute Gasteiger partial charge is 0.297 e. The van der Waals surface area contributed by atoms with Gasteiger partial charge in [-0.3, -0.25) is 9.33 Å². The van der Waals surface area contributed by atoms with Gasteiger partial charge in [0.25, 0.3) is 0 Å². The molecule has 0 unspecified atom stereocenters. The monoisotopic (exact) mass is 318 g/mol. The van der Waals surface area contributed by atoms with Crippen LogP contribution < -0.4 is 0 Å². The second-order valence-corrected chi connectivity index (χ2v) is 1.18. The Balaban J connectivity index is -0.0000000448. The average molecular weight is 318 g/mol. The maximum atomic E-state index is 10.5. The molecule has 0 aromatic carbocycles. The van der Waals surface area contributed by atoms with Crippen molar-refractivity contribution in [1.82, 2.24) is 0 Å². The fourth-order valence-electron chi connectivity index (χ4n) is 0.0337. The average Bonchev–Trinajstić information content (AvgIpc) is 2.32. The van der Waals surface area contributed by atoms with Crippen LogP contribution in [0.15, 0.2) is 12.3 Å². The van der Waals surface area contributed by atoms with Crippen LogP contribution in [0, 0.1) is 0 Å². The highest BCUT2D eigenvalue weighted by atomic mass is 19.3. The Morgan fingerprint density at radius 2 is 1.11 bits per heavy atom. The summed E-state index contributed by atoms with van der Waals surface area (Å²) in [6.07, 6.45) is -2.47. The summed E-state index contributed by atoms with van der Waals surface area (Å²) in [6, 6.07) is 0. The Labute approximate surface area is 102 Å². The predicted octanol–water partition coefficient (Wildman–Crippen LogP) is 5.18. The quantitative estimate of drug-likeness (QED) is 0.516. The van der Waals surface area contributed by atoms with Gasteiger partial charge in [-0.2, -0.15) is 13.7 Å². The summed E-state index contributed by atoms with van der Waals surface area (Å²) in [7, 11) is 0. The molecule has 0 radical (unpaired) electrons. The van der Waals surface area contributed by atoms with Gasteiger partial charge in [0.2, 0.25) is 27.0 Å². The van der Waals surface area contributed by atoms with E-state index in [2.05, 4.69) is 9.88 Å². The number of rotatable bonds is 2. The number of alkyl halides is 6. The Bertz CT molecular complexity index is 116. The third-order valence-corrected chi connectivity index (χ3v) is 0.175. The van der Waals surface area contributed by atoms with Crippen molar-refractivity contribution in [1.29, 1.82) is 0 Å². The molecule has 0 rings (SSSR count). The Morgan fingerprint density at radius 1 is 0.895 bits per heavy atom. The molecule has 0 amide bonds. The molecule has 122 valence electrons. The normalized spacial score (nSPS) is 6.68. The van der Waals surface area contributed by atoms with Crippen LogP contribution in [0.1, 0.15) is 6.92 Å². The fourth-order valence-corrected chi connectivity index (χ4v) is 0.0337. The summed E-state index contributed by atoms with van der Waals surface area (Å²) in [6.45, 7) is -3.64. The topological polar surface area (TPSA) is 18.5 Å². The lowest BCUT2D eigenvalue weighted by Crippen LogP contribution is -1.63. The highest BCUT2D eigenvalue weighted by Crippen LogP contribution is 1.95.